The van der Waals surface area contributed by atoms with E-state index in [-0.39, 0.29) is 5.97 Å². The van der Waals surface area contributed by atoms with Crippen LogP contribution in [0.3, 0.4) is 0 Å². The van der Waals surface area contributed by atoms with Crippen molar-refractivity contribution in [3.05, 3.63) is 12.3 Å². The molecule has 3 nitrogen and oxygen atoms in total. The maximum atomic E-state index is 10.8. The maximum absolute atomic E-state index is 10.8. The van der Waals surface area contributed by atoms with E-state index in [2.05, 4.69) is 11.3 Å². The predicted molar refractivity (Wildman–Crippen MR) is 60.5 cm³/mol. The lowest BCUT2D eigenvalue weighted by Gasteiger charge is -2.03. The lowest BCUT2D eigenvalue weighted by atomic mass is 10.1. The van der Waals surface area contributed by atoms with Gasteiger partial charge in [0.25, 0.3) is 0 Å². The highest BCUT2D eigenvalue weighted by molar-refractivity contribution is 5.68. The molecule has 0 fully saturated rings. The predicted octanol–water partition coefficient (Wildman–Crippen LogP) is 3.05. The van der Waals surface area contributed by atoms with Crippen molar-refractivity contribution in [2.45, 2.75) is 44.9 Å². The monoisotopic (exact) mass is 214 g/mol. The standard InChI is InChI=1S/C12H22O3/c1-11(14-2)9-7-5-4-6-8-10-12(13)15-3/h1,4-10H2,2-3H3. The van der Waals surface area contributed by atoms with Crippen LogP contribution in [0.2, 0.25) is 0 Å². The van der Waals surface area contributed by atoms with Gasteiger partial charge in [-0.25, -0.2) is 0 Å². The van der Waals surface area contributed by atoms with Gasteiger partial charge in [-0.05, 0) is 12.8 Å². The molecular weight excluding hydrogens is 192 g/mol. The maximum Gasteiger partial charge on any atom is 0.305 e. The largest absolute Gasteiger partial charge is 0.502 e. The second-order valence-corrected chi connectivity index (χ2v) is 3.59. The van der Waals surface area contributed by atoms with Gasteiger partial charge in [0.05, 0.1) is 20.0 Å². The van der Waals surface area contributed by atoms with Crippen molar-refractivity contribution in [2.75, 3.05) is 14.2 Å². The molecule has 3 heteroatoms. The Kier molecular flexibility index (Phi) is 8.93. The number of methoxy groups -OCH3 is 2. The molecule has 0 saturated heterocycles. The number of hydrogen-bond donors (Lipinski definition) is 0. The number of esters is 1. The van der Waals surface area contributed by atoms with Crippen LogP contribution in [0, 0.1) is 0 Å². The molecule has 0 aliphatic carbocycles. The van der Waals surface area contributed by atoms with E-state index in [4.69, 9.17) is 4.74 Å². The number of carbonyl (C=O) groups is 1. The van der Waals surface area contributed by atoms with Gasteiger partial charge in [0.1, 0.15) is 0 Å². The molecule has 0 unspecified atom stereocenters. The Labute approximate surface area is 92.5 Å². The lowest BCUT2D eigenvalue weighted by molar-refractivity contribution is -0.140. The lowest BCUT2D eigenvalue weighted by Crippen LogP contribution is -1.99. The van der Waals surface area contributed by atoms with Gasteiger partial charge in [-0.3, -0.25) is 4.79 Å². The molecule has 0 spiro atoms. The van der Waals surface area contributed by atoms with Crippen molar-refractivity contribution in [1.82, 2.24) is 0 Å². The molecule has 0 amide bonds. The van der Waals surface area contributed by atoms with Crippen LogP contribution in [0.5, 0.6) is 0 Å². The van der Waals surface area contributed by atoms with Crippen LogP contribution in [0.25, 0.3) is 0 Å². The second-order valence-electron chi connectivity index (χ2n) is 3.59. The highest BCUT2D eigenvalue weighted by Gasteiger charge is 1.99. The molecule has 0 aromatic carbocycles. The van der Waals surface area contributed by atoms with Gasteiger partial charge in [-0.15, -0.1) is 0 Å². The minimum absolute atomic E-state index is 0.109. The fraction of sp³-hybridized carbons (Fsp3) is 0.750. The summed E-state index contributed by atoms with van der Waals surface area (Å²) in [5, 5.41) is 0. The summed E-state index contributed by atoms with van der Waals surface area (Å²) < 4.78 is 9.53. The summed E-state index contributed by atoms with van der Waals surface area (Å²) in [6, 6.07) is 0. The topological polar surface area (TPSA) is 35.5 Å². The molecule has 0 saturated carbocycles. The molecule has 0 rings (SSSR count). The van der Waals surface area contributed by atoms with E-state index in [0.29, 0.717) is 6.42 Å². The molecule has 0 aliphatic rings. The van der Waals surface area contributed by atoms with Crippen LogP contribution in [0.4, 0.5) is 0 Å². The average Bonchev–Trinajstić information content (AvgIpc) is 2.26. The average molecular weight is 214 g/mol. The van der Waals surface area contributed by atoms with Gasteiger partial charge in [0.2, 0.25) is 0 Å². The molecule has 0 aliphatic heterocycles. The van der Waals surface area contributed by atoms with Crippen molar-refractivity contribution >= 4 is 5.97 Å². The molecule has 88 valence electrons. The molecule has 0 N–H and O–H groups in total. The fourth-order valence-electron chi connectivity index (χ4n) is 1.33. The summed E-state index contributed by atoms with van der Waals surface area (Å²) in [5.74, 6) is 0.743. The first-order chi connectivity index (χ1) is 7.20. The van der Waals surface area contributed by atoms with E-state index in [0.717, 1.165) is 37.9 Å². The number of hydrogen-bond acceptors (Lipinski definition) is 3. The van der Waals surface area contributed by atoms with E-state index >= 15 is 0 Å². The van der Waals surface area contributed by atoms with Crippen molar-refractivity contribution < 1.29 is 14.3 Å². The summed E-state index contributed by atoms with van der Waals surface area (Å²) in [4.78, 5) is 10.8. The van der Waals surface area contributed by atoms with E-state index in [9.17, 15) is 4.79 Å². The Morgan fingerprint density at radius 1 is 0.933 bits per heavy atom. The Balaban J connectivity index is 3.11. The van der Waals surface area contributed by atoms with E-state index in [1.807, 2.05) is 0 Å². The van der Waals surface area contributed by atoms with Crippen molar-refractivity contribution in [3.8, 4) is 0 Å². The first-order valence-electron chi connectivity index (χ1n) is 5.49. The minimum Gasteiger partial charge on any atom is -0.502 e. The van der Waals surface area contributed by atoms with Gasteiger partial charge >= 0.3 is 5.97 Å². The second kappa shape index (κ2) is 9.56. The first kappa shape index (κ1) is 14.0. The van der Waals surface area contributed by atoms with E-state index in [1.165, 1.54) is 13.5 Å². The van der Waals surface area contributed by atoms with Gasteiger partial charge in [0.15, 0.2) is 0 Å². The Bertz CT molecular complexity index is 167. The third-order valence-electron chi connectivity index (χ3n) is 2.35. The molecule has 0 aromatic rings. The summed E-state index contributed by atoms with van der Waals surface area (Å²) in [6.45, 7) is 3.76. The number of ether oxygens (including phenoxy) is 2. The van der Waals surface area contributed by atoms with Crippen LogP contribution in [-0.4, -0.2) is 20.2 Å². The normalized spacial score (nSPS) is 9.73. The van der Waals surface area contributed by atoms with Crippen LogP contribution in [0.15, 0.2) is 12.3 Å². The molecule has 15 heavy (non-hydrogen) atoms. The third-order valence-corrected chi connectivity index (χ3v) is 2.35. The zero-order valence-corrected chi connectivity index (χ0v) is 9.88. The number of rotatable bonds is 9. The van der Waals surface area contributed by atoms with E-state index in [1.54, 1.807) is 7.11 Å². The van der Waals surface area contributed by atoms with Gasteiger partial charge in [-0.1, -0.05) is 25.8 Å². The van der Waals surface area contributed by atoms with Crippen molar-refractivity contribution in [3.63, 3.8) is 0 Å². The summed E-state index contributed by atoms with van der Waals surface area (Å²) in [7, 11) is 3.08. The van der Waals surface area contributed by atoms with Crippen LogP contribution in [-0.2, 0) is 14.3 Å². The van der Waals surface area contributed by atoms with Crippen LogP contribution >= 0.6 is 0 Å². The fourth-order valence-corrected chi connectivity index (χ4v) is 1.33. The summed E-state index contributed by atoms with van der Waals surface area (Å²) in [5.41, 5.74) is 0. The summed E-state index contributed by atoms with van der Waals surface area (Å²) >= 11 is 0. The molecule has 0 bridgehead atoms. The van der Waals surface area contributed by atoms with Gasteiger partial charge < -0.3 is 9.47 Å². The summed E-state index contributed by atoms with van der Waals surface area (Å²) in [6.07, 6.45) is 6.95. The zero-order valence-electron chi connectivity index (χ0n) is 9.88. The van der Waals surface area contributed by atoms with Crippen LogP contribution in [0.1, 0.15) is 44.9 Å². The molecule has 0 atom stereocenters. The number of allylic oxidation sites excluding steroid dienone is 1. The zero-order chi connectivity index (χ0) is 11.5. The van der Waals surface area contributed by atoms with Crippen LogP contribution < -0.4 is 0 Å². The molecular formula is C12H22O3. The van der Waals surface area contributed by atoms with Crippen molar-refractivity contribution in [1.29, 1.82) is 0 Å². The minimum atomic E-state index is -0.109. The SMILES string of the molecule is C=C(CCCCCCCC(=O)OC)OC. The smallest absolute Gasteiger partial charge is 0.305 e. The third kappa shape index (κ3) is 9.32. The quantitative estimate of drug-likeness (QED) is 0.336. The molecule has 0 radical (unpaired) electrons. The highest BCUT2D eigenvalue weighted by Crippen LogP contribution is 2.10. The highest BCUT2D eigenvalue weighted by atomic mass is 16.5. The Morgan fingerprint density at radius 3 is 2.00 bits per heavy atom. The van der Waals surface area contributed by atoms with Gasteiger partial charge in [0, 0.05) is 12.8 Å². The van der Waals surface area contributed by atoms with Crippen molar-refractivity contribution in [2.24, 2.45) is 0 Å². The molecule has 0 aromatic heterocycles. The first-order valence-corrected chi connectivity index (χ1v) is 5.49. The number of carbonyl (C=O) groups excluding carboxylic acids is 1. The van der Waals surface area contributed by atoms with E-state index < -0.39 is 0 Å². The number of unbranched alkanes of at least 4 members (excludes halogenated alkanes) is 4. The Hall–Kier alpha value is -0.990. The Morgan fingerprint density at radius 2 is 1.47 bits per heavy atom. The molecule has 0 heterocycles. The van der Waals surface area contributed by atoms with Gasteiger partial charge in [-0.2, -0.15) is 0 Å².